The van der Waals surface area contributed by atoms with Gasteiger partial charge >= 0.3 is 0 Å². The molecule has 0 aliphatic rings. The molecular formula is C22H28N4OS. The SMILES string of the molecule is CCN(CC)Cc1ccccc1CNC(=O)c1sc2nc(C)nc(C)c2c1C. The minimum atomic E-state index is -0.0461. The number of aromatic nitrogens is 2. The maximum Gasteiger partial charge on any atom is 0.261 e. The first-order valence-corrected chi connectivity index (χ1v) is 10.6. The number of thiophene rings is 1. The Morgan fingerprint density at radius 1 is 1.07 bits per heavy atom. The van der Waals surface area contributed by atoms with Gasteiger partial charge < -0.3 is 5.32 Å². The Labute approximate surface area is 170 Å². The average molecular weight is 397 g/mol. The highest BCUT2D eigenvalue weighted by atomic mass is 32.1. The van der Waals surface area contributed by atoms with Crippen LogP contribution >= 0.6 is 11.3 Å². The second kappa shape index (κ2) is 8.80. The number of amides is 1. The minimum Gasteiger partial charge on any atom is -0.347 e. The second-order valence-corrected chi connectivity index (χ2v) is 8.00. The average Bonchev–Trinajstić information content (AvgIpc) is 3.01. The van der Waals surface area contributed by atoms with E-state index in [1.165, 1.54) is 16.9 Å². The fraction of sp³-hybridized carbons (Fsp3) is 0.409. The fourth-order valence-corrected chi connectivity index (χ4v) is 4.71. The smallest absolute Gasteiger partial charge is 0.261 e. The number of aryl methyl sites for hydroxylation is 3. The highest BCUT2D eigenvalue weighted by molar-refractivity contribution is 7.20. The van der Waals surface area contributed by atoms with Crippen LogP contribution in [0.25, 0.3) is 10.2 Å². The summed E-state index contributed by atoms with van der Waals surface area (Å²) in [6.07, 6.45) is 0. The molecule has 0 saturated carbocycles. The number of nitrogens with zero attached hydrogens (tertiary/aromatic N) is 3. The van der Waals surface area contributed by atoms with Gasteiger partial charge in [-0.3, -0.25) is 9.69 Å². The molecule has 0 radical (unpaired) electrons. The van der Waals surface area contributed by atoms with Crippen LogP contribution in [0.3, 0.4) is 0 Å². The molecule has 0 aliphatic carbocycles. The summed E-state index contributed by atoms with van der Waals surface area (Å²) < 4.78 is 0. The van der Waals surface area contributed by atoms with Gasteiger partial charge in [0.25, 0.3) is 5.91 Å². The van der Waals surface area contributed by atoms with E-state index in [0.717, 1.165) is 57.4 Å². The van der Waals surface area contributed by atoms with E-state index in [9.17, 15) is 4.79 Å². The molecule has 1 N–H and O–H groups in total. The van der Waals surface area contributed by atoms with Gasteiger partial charge in [0.15, 0.2) is 0 Å². The Balaban J connectivity index is 1.79. The molecule has 1 aromatic carbocycles. The Morgan fingerprint density at radius 3 is 2.43 bits per heavy atom. The van der Waals surface area contributed by atoms with Crippen LogP contribution in [0, 0.1) is 20.8 Å². The van der Waals surface area contributed by atoms with E-state index in [0.29, 0.717) is 6.54 Å². The zero-order valence-corrected chi connectivity index (χ0v) is 18.1. The van der Waals surface area contributed by atoms with E-state index in [4.69, 9.17) is 0 Å². The fourth-order valence-electron chi connectivity index (χ4n) is 3.52. The number of fused-ring (bicyclic) bond motifs is 1. The highest BCUT2D eigenvalue weighted by Gasteiger charge is 2.19. The third kappa shape index (κ3) is 4.23. The van der Waals surface area contributed by atoms with Gasteiger partial charge in [-0.25, -0.2) is 9.97 Å². The number of nitrogens with one attached hydrogen (secondary N) is 1. The number of carbonyl (C=O) groups excluding carboxylic acids is 1. The van der Waals surface area contributed by atoms with Crippen LogP contribution in [0.4, 0.5) is 0 Å². The van der Waals surface area contributed by atoms with E-state index >= 15 is 0 Å². The third-order valence-corrected chi connectivity index (χ3v) is 6.32. The van der Waals surface area contributed by atoms with Crippen molar-refractivity contribution in [3.8, 4) is 0 Å². The molecule has 0 spiro atoms. The van der Waals surface area contributed by atoms with Gasteiger partial charge in [0.2, 0.25) is 0 Å². The number of hydrogen-bond acceptors (Lipinski definition) is 5. The molecule has 0 atom stereocenters. The predicted molar refractivity (Wildman–Crippen MR) is 116 cm³/mol. The first-order chi connectivity index (χ1) is 13.4. The van der Waals surface area contributed by atoms with Crippen molar-refractivity contribution in [1.29, 1.82) is 0 Å². The number of hydrogen-bond donors (Lipinski definition) is 1. The summed E-state index contributed by atoms with van der Waals surface area (Å²) in [6.45, 7) is 13.6. The summed E-state index contributed by atoms with van der Waals surface area (Å²) in [5, 5.41) is 4.11. The molecule has 0 saturated heterocycles. The molecule has 5 nitrogen and oxygen atoms in total. The largest absolute Gasteiger partial charge is 0.347 e. The van der Waals surface area contributed by atoms with Crippen LogP contribution in [0.15, 0.2) is 24.3 Å². The van der Waals surface area contributed by atoms with Gasteiger partial charge in [0.1, 0.15) is 10.7 Å². The van der Waals surface area contributed by atoms with E-state index in [1.807, 2.05) is 26.8 Å². The molecule has 0 fully saturated rings. The van der Waals surface area contributed by atoms with E-state index < -0.39 is 0 Å². The number of rotatable bonds is 7. The molecule has 148 valence electrons. The third-order valence-electron chi connectivity index (χ3n) is 5.14. The zero-order valence-electron chi connectivity index (χ0n) is 17.3. The van der Waals surface area contributed by atoms with Crippen LogP contribution in [0.1, 0.15) is 51.7 Å². The first-order valence-electron chi connectivity index (χ1n) is 9.76. The van der Waals surface area contributed by atoms with Crippen molar-refractivity contribution in [2.24, 2.45) is 0 Å². The summed E-state index contributed by atoms with van der Waals surface area (Å²) in [5.41, 5.74) is 4.32. The lowest BCUT2D eigenvalue weighted by atomic mass is 10.1. The molecular weight excluding hydrogens is 368 g/mol. The lowest BCUT2D eigenvalue weighted by molar-refractivity contribution is 0.0954. The van der Waals surface area contributed by atoms with E-state index in [-0.39, 0.29) is 5.91 Å². The van der Waals surface area contributed by atoms with Gasteiger partial charge in [-0.1, -0.05) is 38.1 Å². The molecule has 0 aliphatic heterocycles. The van der Waals surface area contributed by atoms with Crippen LogP contribution in [-0.2, 0) is 13.1 Å². The summed E-state index contributed by atoms with van der Waals surface area (Å²) in [4.78, 5) is 25.8. The number of benzene rings is 1. The molecule has 6 heteroatoms. The summed E-state index contributed by atoms with van der Waals surface area (Å²) in [5.74, 6) is 0.693. The maximum absolute atomic E-state index is 12.9. The summed E-state index contributed by atoms with van der Waals surface area (Å²) in [6, 6.07) is 8.33. The van der Waals surface area contributed by atoms with Crippen molar-refractivity contribution in [2.75, 3.05) is 13.1 Å². The van der Waals surface area contributed by atoms with Gasteiger partial charge in [0, 0.05) is 24.2 Å². The molecule has 0 unspecified atom stereocenters. The quantitative estimate of drug-likeness (QED) is 0.643. The van der Waals surface area contributed by atoms with Gasteiger partial charge in [-0.15, -0.1) is 11.3 Å². The normalized spacial score (nSPS) is 11.4. The Morgan fingerprint density at radius 2 is 1.75 bits per heavy atom. The summed E-state index contributed by atoms with van der Waals surface area (Å²) in [7, 11) is 0. The van der Waals surface area contributed by atoms with E-state index in [2.05, 4.69) is 52.2 Å². The minimum absolute atomic E-state index is 0.0461. The van der Waals surface area contributed by atoms with Gasteiger partial charge in [-0.05, 0) is 50.6 Å². The van der Waals surface area contributed by atoms with Crippen LogP contribution in [0.5, 0.6) is 0 Å². The van der Waals surface area contributed by atoms with E-state index in [1.54, 1.807) is 0 Å². The highest BCUT2D eigenvalue weighted by Crippen LogP contribution is 2.31. The Hall–Kier alpha value is -2.31. The van der Waals surface area contributed by atoms with Crippen LogP contribution in [0.2, 0.25) is 0 Å². The molecule has 0 bridgehead atoms. The van der Waals surface area contributed by atoms with Crippen molar-refractivity contribution < 1.29 is 4.79 Å². The van der Waals surface area contributed by atoms with Crippen LogP contribution < -0.4 is 5.32 Å². The predicted octanol–water partition coefficient (Wildman–Crippen LogP) is 4.39. The lowest BCUT2D eigenvalue weighted by Crippen LogP contribution is -2.26. The molecule has 3 aromatic rings. The standard InChI is InChI=1S/C22H28N4OS/c1-6-26(7-2)13-18-11-9-8-10-17(18)12-23-21(27)20-14(3)19-15(4)24-16(5)25-22(19)28-20/h8-11H,6-7,12-13H2,1-5H3,(H,23,27). The summed E-state index contributed by atoms with van der Waals surface area (Å²) >= 11 is 1.45. The second-order valence-electron chi connectivity index (χ2n) is 7.01. The monoisotopic (exact) mass is 396 g/mol. The Bertz CT molecular complexity index is 992. The topological polar surface area (TPSA) is 58.1 Å². The van der Waals surface area contributed by atoms with Crippen LogP contribution in [-0.4, -0.2) is 33.9 Å². The zero-order chi connectivity index (χ0) is 20.3. The molecule has 2 aromatic heterocycles. The van der Waals surface area contributed by atoms with Gasteiger partial charge in [0.05, 0.1) is 4.88 Å². The van der Waals surface area contributed by atoms with Gasteiger partial charge in [-0.2, -0.15) is 0 Å². The van der Waals surface area contributed by atoms with Crippen molar-refractivity contribution in [2.45, 2.75) is 47.7 Å². The van der Waals surface area contributed by atoms with Crippen molar-refractivity contribution in [1.82, 2.24) is 20.2 Å². The molecule has 28 heavy (non-hydrogen) atoms. The molecule has 1 amide bonds. The van der Waals surface area contributed by atoms with Crippen molar-refractivity contribution >= 4 is 27.5 Å². The van der Waals surface area contributed by atoms with Crippen molar-refractivity contribution in [3.05, 3.63) is 57.4 Å². The Kier molecular flexibility index (Phi) is 6.42. The lowest BCUT2D eigenvalue weighted by Gasteiger charge is -2.20. The van der Waals surface area contributed by atoms with Crippen molar-refractivity contribution in [3.63, 3.8) is 0 Å². The first kappa shape index (κ1) is 20.4. The molecule has 2 heterocycles. The maximum atomic E-state index is 12.9. The number of carbonyl (C=O) groups is 1. The molecule has 3 rings (SSSR count).